The number of hydrogen-bond acceptors (Lipinski definition) is 4. The highest BCUT2D eigenvalue weighted by molar-refractivity contribution is 5.79. The predicted octanol–water partition coefficient (Wildman–Crippen LogP) is 3.21. The zero-order valence-corrected chi connectivity index (χ0v) is 19.5. The van der Waals surface area contributed by atoms with Gasteiger partial charge in [-0.05, 0) is 36.0 Å². The number of ether oxygens (including phenoxy) is 2. The summed E-state index contributed by atoms with van der Waals surface area (Å²) in [6.07, 6.45) is 2.50. The molecule has 2 fully saturated rings. The first-order chi connectivity index (χ1) is 14.9. The molecule has 174 valence electrons. The van der Waals surface area contributed by atoms with Crippen LogP contribution < -0.4 is 10.6 Å². The maximum Gasteiger partial charge on any atom is 0.191 e. The maximum atomic E-state index is 13.9. The second kappa shape index (κ2) is 11.2. The number of nitrogens with one attached hydrogen (secondary N) is 2. The van der Waals surface area contributed by atoms with E-state index in [1.165, 1.54) is 6.07 Å². The third kappa shape index (κ3) is 6.89. The summed E-state index contributed by atoms with van der Waals surface area (Å²) in [5, 5.41) is 6.98. The van der Waals surface area contributed by atoms with Gasteiger partial charge in [0.2, 0.25) is 0 Å². The fraction of sp³-hybridized carbons (Fsp3) is 0.708. The van der Waals surface area contributed by atoms with E-state index in [0.717, 1.165) is 50.6 Å². The van der Waals surface area contributed by atoms with Crippen LogP contribution in [0.25, 0.3) is 0 Å². The fourth-order valence-electron chi connectivity index (χ4n) is 4.71. The van der Waals surface area contributed by atoms with Crippen LogP contribution in [-0.2, 0) is 9.47 Å². The summed E-state index contributed by atoms with van der Waals surface area (Å²) in [7, 11) is 1.79. The van der Waals surface area contributed by atoms with E-state index in [9.17, 15) is 4.39 Å². The summed E-state index contributed by atoms with van der Waals surface area (Å²) in [5.41, 5.74) is 1.08. The second-order valence-electron chi connectivity index (χ2n) is 9.61. The number of aliphatic imine (C=N–C) groups is 1. The van der Waals surface area contributed by atoms with Crippen molar-refractivity contribution >= 4 is 5.96 Å². The third-order valence-electron chi connectivity index (χ3n) is 6.24. The van der Waals surface area contributed by atoms with Gasteiger partial charge < -0.3 is 20.1 Å². The molecule has 2 saturated heterocycles. The van der Waals surface area contributed by atoms with Crippen molar-refractivity contribution in [3.63, 3.8) is 0 Å². The van der Waals surface area contributed by atoms with E-state index in [-0.39, 0.29) is 23.4 Å². The Morgan fingerprint density at radius 3 is 2.68 bits per heavy atom. The molecule has 3 rings (SSSR count). The van der Waals surface area contributed by atoms with Crippen LogP contribution in [0, 0.1) is 17.2 Å². The number of guanidine groups is 1. The zero-order valence-electron chi connectivity index (χ0n) is 19.5. The molecule has 7 heteroatoms. The number of morpholine rings is 1. The van der Waals surface area contributed by atoms with Gasteiger partial charge in [0.1, 0.15) is 5.82 Å². The summed E-state index contributed by atoms with van der Waals surface area (Å²) < 4.78 is 25.5. The van der Waals surface area contributed by atoms with Crippen LogP contribution >= 0.6 is 0 Å². The molecule has 1 aromatic carbocycles. The van der Waals surface area contributed by atoms with Gasteiger partial charge in [0, 0.05) is 45.8 Å². The molecule has 2 N–H and O–H groups in total. The molecule has 0 aliphatic carbocycles. The molecule has 3 atom stereocenters. The number of rotatable bonds is 6. The minimum atomic E-state index is -0.205. The topological polar surface area (TPSA) is 58.1 Å². The van der Waals surface area contributed by atoms with Gasteiger partial charge in [-0.1, -0.05) is 32.9 Å². The number of nitrogens with zero attached hydrogens (tertiary/aromatic N) is 2. The summed E-state index contributed by atoms with van der Waals surface area (Å²) in [5.74, 6) is 1.02. The van der Waals surface area contributed by atoms with E-state index in [1.54, 1.807) is 19.2 Å². The van der Waals surface area contributed by atoms with Crippen LogP contribution in [0.3, 0.4) is 0 Å². The first-order valence-corrected chi connectivity index (χ1v) is 11.5. The second-order valence-corrected chi connectivity index (χ2v) is 9.61. The highest BCUT2D eigenvalue weighted by Gasteiger charge is 2.35. The Bertz CT molecular complexity index is 716. The van der Waals surface area contributed by atoms with Crippen molar-refractivity contribution in [3.05, 3.63) is 35.6 Å². The van der Waals surface area contributed by atoms with Crippen molar-refractivity contribution in [1.29, 1.82) is 0 Å². The Morgan fingerprint density at radius 2 is 2.00 bits per heavy atom. The molecule has 0 amide bonds. The first-order valence-electron chi connectivity index (χ1n) is 11.5. The van der Waals surface area contributed by atoms with Gasteiger partial charge in [-0.2, -0.15) is 0 Å². The minimum absolute atomic E-state index is 0.0542. The Labute approximate surface area is 186 Å². The molecule has 2 aliphatic heterocycles. The molecule has 0 radical (unpaired) electrons. The van der Waals surface area contributed by atoms with Crippen LogP contribution in [-0.4, -0.2) is 70.0 Å². The van der Waals surface area contributed by atoms with Crippen molar-refractivity contribution in [2.24, 2.45) is 16.3 Å². The predicted molar refractivity (Wildman–Crippen MR) is 123 cm³/mol. The van der Waals surface area contributed by atoms with E-state index < -0.39 is 0 Å². The van der Waals surface area contributed by atoms with Crippen molar-refractivity contribution in [3.8, 4) is 0 Å². The Balaban J connectivity index is 1.61. The normalized spacial score (nSPS) is 24.6. The maximum absolute atomic E-state index is 13.9. The monoisotopic (exact) mass is 434 g/mol. The van der Waals surface area contributed by atoms with Crippen molar-refractivity contribution < 1.29 is 13.9 Å². The Kier molecular flexibility index (Phi) is 8.69. The summed E-state index contributed by atoms with van der Waals surface area (Å²) >= 11 is 0. The SMILES string of the molecule is CN=C(NCC1CCCOC1C(C)(C)C)NCC(c1cccc(F)c1)N1CCOCC1. The average Bonchev–Trinajstić information content (AvgIpc) is 2.76. The minimum Gasteiger partial charge on any atom is -0.379 e. The quantitative estimate of drug-likeness (QED) is 0.532. The van der Waals surface area contributed by atoms with Crippen LogP contribution in [0.1, 0.15) is 45.2 Å². The summed E-state index contributed by atoms with van der Waals surface area (Å²) in [6, 6.07) is 6.95. The van der Waals surface area contributed by atoms with Gasteiger partial charge in [-0.3, -0.25) is 9.89 Å². The first kappa shape index (κ1) is 24.0. The number of halogens is 1. The van der Waals surface area contributed by atoms with Gasteiger partial charge in [0.05, 0.1) is 25.4 Å². The summed E-state index contributed by atoms with van der Waals surface area (Å²) in [4.78, 5) is 6.77. The van der Waals surface area contributed by atoms with E-state index in [2.05, 4.69) is 41.3 Å². The molecule has 2 aliphatic rings. The molecule has 2 heterocycles. The van der Waals surface area contributed by atoms with Crippen molar-refractivity contribution in [1.82, 2.24) is 15.5 Å². The zero-order chi connectivity index (χ0) is 22.3. The van der Waals surface area contributed by atoms with E-state index in [1.807, 2.05) is 6.07 Å². The highest BCUT2D eigenvalue weighted by atomic mass is 19.1. The molecule has 0 bridgehead atoms. The van der Waals surface area contributed by atoms with Crippen LogP contribution in [0.15, 0.2) is 29.3 Å². The number of benzene rings is 1. The molecular weight excluding hydrogens is 395 g/mol. The third-order valence-corrected chi connectivity index (χ3v) is 6.24. The lowest BCUT2D eigenvalue weighted by Gasteiger charge is -2.40. The summed E-state index contributed by atoms with van der Waals surface area (Å²) in [6.45, 7) is 12.1. The van der Waals surface area contributed by atoms with Crippen LogP contribution in [0.2, 0.25) is 0 Å². The molecule has 0 saturated carbocycles. The van der Waals surface area contributed by atoms with Gasteiger partial charge in [-0.25, -0.2) is 4.39 Å². The molecule has 31 heavy (non-hydrogen) atoms. The van der Waals surface area contributed by atoms with Gasteiger partial charge in [0.25, 0.3) is 0 Å². The van der Waals surface area contributed by atoms with Gasteiger partial charge >= 0.3 is 0 Å². The fourth-order valence-corrected chi connectivity index (χ4v) is 4.71. The van der Waals surface area contributed by atoms with E-state index in [0.29, 0.717) is 25.7 Å². The number of hydrogen-bond donors (Lipinski definition) is 2. The van der Waals surface area contributed by atoms with Crippen molar-refractivity contribution in [2.45, 2.75) is 45.8 Å². The Hall–Kier alpha value is -1.70. The van der Waals surface area contributed by atoms with Gasteiger partial charge in [-0.15, -0.1) is 0 Å². The Morgan fingerprint density at radius 1 is 1.23 bits per heavy atom. The highest BCUT2D eigenvalue weighted by Crippen LogP contribution is 2.33. The average molecular weight is 435 g/mol. The van der Waals surface area contributed by atoms with Crippen LogP contribution in [0.5, 0.6) is 0 Å². The molecule has 3 unspecified atom stereocenters. The lowest BCUT2D eigenvalue weighted by atomic mass is 9.78. The largest absolute Gasteiger partial charge is 0.379 e. The molecule has 0 aromatic heterocycles. The molecule has 0 spiro atoms. The van der Waals surface area contributed by atoms with Crippen molar-refractivity contribution in [2.75, 3.05) is 53.0 Å². The van der Waals surface area contributed by atoms with Gasteiger partial charge in [0.15, 0.2) is 5.96 Å². The molecule has 6 nitrogen and oxygen atoms in total. The lowest BCUT2D eigenvalue weighted by Crippen LogP contribution is -2.49. The smallest absolute Gasteiger partial charge is 0.191 e. The van der Waals surface area contributed by atoms with E-state index in [4.69, 9.17) is 9.47 Å². The standard InChI is InChI=1S/C24H39FN4O2/c1-24(2,3)22-19(8-6-12-31-22)16-27-23(26-4)28-17-21(29-10-13-30-14-11-29)18-7-5-9-20(25)15-18/h5,7,9,15,19,21-22H,6,8,10-14,16-17H2,1-4H3,(H2,26,27,28). The molecular formula is C24H39FN4O2. The van der Waals surface area contributed by atoms with E-state index >= 15 is 0 Å². The lowest BCUT2D eigenvalue weighted by molar-refractivity contribution is -0.0835. The molecule has 1 aromatic rings. The van der Waals surface area contributed by atoms with Crippen LogP contribution in [0.4, 0.5) is 4.39 Å².